The Bertz CT molecular complexity index is 326. The highest BCUT2D eigenvalue weighted by molar-refractivity contribution is 5.02. The van der Waals surface area contributed by atoms with Gasteiger partial charge in [-0.05, 0) is 45.9 Å². The van der Waals surface area contributed by atoms with Crippen molar-refractivity contribution in [2.75, 3.05) is 53.6 Å². The normalized spacial score (nSPS) is 41.4. The molecule has 0 aromatic heterocycles. The molecule has 0 radical (unpaired) electrons. The van der Waals surface area contributed by atoms with Crippen molar-refractivity contribution in [3.63, 3.8) is 0 Å². The number of fused-ring (bicyclic) bond motifs is 3. The third kappa shape index (κ3) is 2.52. The van der Waals surface area contributed by atoms with E-state index in [0.29, 0.717) is 0 Å². The van der Waals surface area contributed by atoms with E-state index in [2.05, 4.69) is 47.5 Å². The van der Waals surface area contributed by atoms with Gasteiger partial charge in [0, 0.05) is 31.1 Å². The zero-order valence-corrected chi connectivity index (χ0v) is 13.8. The summed E-state index contributed by atoms with van der Waals surface area (Å²) in [6, 6.07) is 1.64. The maximum atomic E-state index is 2.75. The van der Waals surface area contributed by atoms with Crippen LogP contribution in [0.2, 0.25) is 0 Å². The summed E-state index contributed by atoms with van der Waals surface area (Å²) in [5, 5.41) is 0. The Kier molecular flexibility index (Phi) is 4.37. The van der Waals surface area contributed by atoms with Crippen LogP contribution in [0.5, 0.6) is 0 Å². The molecule has 20 heavy (non-hydrogen) atoms. The molecule has 1 saturated carbocycles. The van der Waals surface area contributed by atoms with Crippen LogP contribution in [-0.2, 0) is 0 Å². The first-order valence-electron chi connectivity index (χ1n) is 8.49. The van der Waals surface area contributed by atoms with Crippen LogP contribution in [0, 0.1) is 11.8 Å². The van der Waals surface area contributed by atoms with Crippen LogP contribution in [0.4, 0.5) is 0 Å². The smallest absolute Gasteiger partial charge is 0.0506 e. The summed E-state index contributed by atoms with van der Waals surface area (Å²) < 4.78 is 0. The molecule has 3 rings (SSSR count). The topological polar surface area (TPSA) is 13.0 Å². The van der Waals surface area contributed by atoms with Crippen LogP contribution in [0.1, 0.15) is 26.7 Å². The molecule has 4 atom stereocenters. The molecule has 3 fully saturated rings. The van der Waals surface area contributed by atoms with E-state index < -0.39 is 0 Å². The summed E-state index contributed by atoms with van der Waals surface area (Å²) in [6.07, 6.45) is 2.84. The van der Waals surface area contributed by atoms with Crippen molar-refractivity contribution in [3.8, 4) is 0 Å². The van der Waals surface area contributed by atoms with Crippen LogP contribution in [-0.4, -0.2) is 85.3 Å². The van der Waals surface area contributed by atoms with Crippen molar-refractivity contribution in [2.45, 2.75) is 38.8 Å². The second kappa shape index (κ2) is 5.91. The molecule has 116 valence electrons. The molecule has 3 aliphatic rings. The van der Waals surface area contributed by atoms with Crippen molar-refractivity contribution >= 4 is 0 Å². The SMILES string of the molecule is CCN1CN(C)CC2C1CCC1CN(C)CN(CC)C12. The summed E-state index contributed by atoms with van der Waals surface area (Å²) in [4.78, 5) is 10.5. The number of hydrogen-bond donors (Lipinski definition) is 0. The standard InChI is InChI=1S/C16H32N4/c1-5-19-11-18(4)10-14-15(19)8-7-13-9-17(3)12-20(6-2)16(13)14/h13-16H,5-12H2,1-4H3. The van der Waals surface area contributed by atoms with Crippen LogP contribution >= 0.6 is 0 Å². The van der Waals surface area contributed by atoms with Gasteiger partial charge in [0.15, 0.2) is 0 Å². The molecule has 1 aliphatic carbocycles. The van der Waals surface area contributed by atoms with E-state index in [1.807, 2.05) is 0 Å². The average molecular weight is 280 g/mol. The predicted molar refractivity (Wildman–Crippen MR) is 83.5 cm³/mol. The van der Waals surface area contributed by atoms with Crippen LogP contribution in [0.25, 0.3) is 0 Å². The monoisotopic (exact) mass is 280 g/mol. The molecule has 2 saturated heterocycles. The van der Waals surface area contributed by atoms with E-state index in [1.165, 1.54) is 45.7 Å². The third-order valence-corrected chi connectivity index (χ3v) is 5.87. The largest absolute Gasteiger partial charge is 0.293 e. The summed E-state index contributed by atoms with van der Waals surface area (Å²) in [7, 11) is 4.59. The highest BCUT2D eigenvalue weighted by Gasteiger charge is 2.48. The van der Waals surface area contributed by atoms with Gasteiger partial charge in [-0.3, -0.25) is 19.6 Å². The first-order chi connectivity index (χ1) is 9.63. The van der Waals surface area contributed by atoms with Gasteiger partial charge in [-0.15, -0.1) is 0 Å². The van der Waals surface area contributed by atoms with Crippen molar-refractivity contribution < 1.29 is 0 Å². The van der Waals surface area contributed by atoms with Crippen molar-refractivity contribution in [1.82, 2.24) is 19.6 Å². The van der Waals surface area contributed by atoms with E-state index in [9.17, 15) is 0 Å². The molecule has 2 heterocycles. The molecular weight excluding hydrogens is 248 g/mol. The van der Waals surface area contributed by atoms with Gasteiger partial charge >= 0.3 is 0 Å². The molecule has 2 aliphatic heterocycles. The van der Waals surface area contributed by atoms with Crippen LogP contribution in [0.3, 0.4) is 0 Å². The van der Waals surface area contributed by atoms with E-state index >= 15 is 0 Å². The lowest BCUT2D eigenvalue weighted by molar-refractivity contribution is -0.103. The lowest BCUT2D eigenvalue weighted by atomic mass is 9.70. The Morgan fingerprint density at radius 1 is 0.850 bits per heavy atom. The molecule has 0 amide bonds. The van der Waals surface area contributed by atoms with Crippen LogP contribution < -0.4 is 0 Å². The van der Waals surface area contributed by atoms with Crippen molar-refractivity contribution in [3.05, 3.63) is 0 Å². The fourth-order valence-electron chi connectivity index (χ4n) is 5.14. The second-order valence-electron chi connectivity index (χ2n) is 7.23. The van der Waals surface area contributed by atoms with Gasteiger partial charge in [0.2, 0.25) is 0 Å². The molecule has 0 aromatic rings. The fraction of sp³-hybridized carbons (Fsp3) is 1.00. The number of nitrogens with zero attached hydrogens (tertiary/aromatic N) is 4. The Morgan fingerprint density at radius 2 is 1.50 bits per heavy atom. The van der Waals surface area contributed by atoms with Gasteiger partial charge in [-0.2, -0.15) is 0 Å². The van der Waals surface area contributed by atoms with Gasteiger partial charge in [0.1, 0.15) is 0 Å². The number of rotatable bonds is 2. The predicted octanol–water partition coefficient (Wildman–Crippen LogP) is 1.20. The Labute approximate surface area is 124 Å². The van der Waals surface area contributed by atoms with Gasteiger partial charge < -0.3 is 0 Å². The fourth-order valence-corrected chi connectivity index (χ4v) is 5.14. The van der Waals surface area contributed by atoms with Gasteiger partial charge in [0.05, 0.1) is 13.3 Å². The zero-order chi connectivity index (χ0) is 14.3. The van der Waals surface area contributed by atoms with Gasteiger partial charge in [0.25, 0.3) is 0 Å². The van der Waals surface area contributed by atoms with Crippen molar-refractivity contribution in [1.29, 1.82) is 0 Å². The van der Waals surface area contributed by atoms with Gasteiger partial charge in [-0.1, -0.05) is 13.8 Å². The summed E-state index contributed by atoms with van der Waals surface area (Å²) in [5.41, 5.74) is 0. The highest BCUT2D eigenvalue weighted by Crippen LogP contribution is 2.40. The Balaban J connectivity index is 1.83. The van der Waals surface area contributed by atoms with Gasteiger partial charge in [-0.25, -0.2) is 0 Å². The van der Waals surface area contributed by atoms with E-state index in [1.54, 1.807) is 0 Å². The summed E-state index contributed by atoms with van der Waals surface area (Å²) >= 11 is 0. The molecule has 4 heteroatoms. The maximum Gasteiger partial charge on any atom is 0.0506 e. The Hall–Kier alpha value is -0.160. The molecular formula is C16H32N4. The molecule has 0 aromatic carbocycles. The van der Waals surface area contributed by atoms with Crippen molar-refractivity contribution in [2.24, 2.45) is 11.8 Å². The Morgan fingerprint density at radius 3 is 2.20 bits per heavy atom. The molecule has 4 nitrogen and oxygen atoms in total. The molecule has 0 spiro atoms. The lowest BCUT2D eigenvalue weighted by Gasteiger charge is -2.58. The second-order valence-corrected chi connectivity index (χ2v) is 7.23. The third-order valence-electron chi connectivity index (χ3n) is 5.87. The average Bonchev–Trinajstić information content (AvgIpc) is 2.44. The minimum Gasteiger partial charge on any atom is -0.293 e. The zero-order valence-electron chi connectivity index (χ0n) is 13.8. The first-order valence-corrected chi connectivity index (χ1v) is 8.49. The molecule has 0 bridgehead atoms. The molecule has 4 unspecified atom stereocenters. The summed E-state index contributed by atoms with van der Waals surface area (Å²) in [6.45, 7) is 12.0. The summed E-state index contributed by atoms with van der Waals surface area (Å²) in [5.74, 6) is 1.74. The highest BCUT2D eigenvalue weighted by atomic mass is 15.4. The molecule has 0 N–H and O–H groups in total. The van der Waals surface area contributed by atoms with E-state index in [4.69, 9.17) is 0 Å². The minimum atomic E-state index is 0.812. The lowest BCUT2D eigenvalue weighted by Crippen LogP contribution is -2.67. The number of hydrogen-bond acceptors (Lipinski definition) is 4. The van der Waals surface area contributed by atoms with Crippen LogP contribution in [0.15, 0.2) is 0 Å². The quantitative estimate of drug-likeness (QED) is 0.753. The minimum absolute atomic E-state index is 0.812. The van der Waals surface area contributed by atoms with E-state index in [-0.39, 0.29) is 0 Å². The maximum absolute atomic E-state index is 2.75. The first kappa shape index (κ1) is 14.8. The van der Waals surface area contributed by atoms with E-state index in [0.717, 1.165) is 30.6 Å².